The number of carbonyl (C=O) groups is 1. The summed E-state index contributed by atoms with van der Waals surface area (Å²) in [6.45, 7) is 9.82. The summed E-state index contributed by atoms with van der Waals surface area (Å²) in [5, 5.41) is 0.897. The molecule has 0 aliphatic carbocycles. The molecule has 0 unspecified atom stereocenters. The monoisotopic (exact) mass is 301 g/mol. The lowest BCUT2D eigenvalue weighted by Gasteiger charge is -2.27. The number of benzene rings is 1. The predicted octanol–water partition coefficient (Wildman–Crippen LogP) is 4.54. The second-order valence-electron chi connectivity index (χ2n) is 5.47. The first kappa shape index (κ1) is 16.5. The molecule has 0 aromatic heterocycles. The highest BCUT2D eigenvalue weighted by atomic mass is 35.5. The van der Waals surface area contributed by atoms with Gasteiger partial charge in [-0.05, 0) is 38.0 Å². The van der Waals surface area contributed by atoms with E-state index in [1.54, 1.807) is 18.2 Å². The topological polar surface area (TPSA) is 20.3 Å². The van der Waals surface area contributed by atoms with E-state index in [0.29, 0.717) is 34.1 Å². The Hall–Kier alpha value is -0.570. The van der Waals surface area contributed by atoms with Crippen molar-refractivity contribution in [3.63, 3.8) is 0 Å². The minimum Gasteiger partial charge on any atom is -0.293 e. The lowest BCUT2D eigenvalue weighted by Crippen LogP contribution is -2.38. The third-order valence-electron chi connectivity index (χ3n) is 2.92. The summed E-state index contributed by atoms with van der Waals surface area (Å²) in [4.78, 5) is 14.4. The summed E-state index contributed by atoms with van der Waals surface area (Å²) >= 11 is 11.8. The van der Waals surface area contributed by atoms with Crippen LogP contribution in [0.25, 0.3) is 0 Å². The van der Waals surface area contributed by atoms with Crippen LogP contribution in [-0.2, 0) is 0 Å². The Bertz CT molecular complexity index is 444. The van der Waals surface area contributed by atoms with Gasteiger partial charge in [-0.1, -0.05) is 37.0 Å². The van der Waals surface area contributed by atoms with Crippen LogP contribution < -0.4 is 0 Å². The average Bonchev–Trinajstić information content (AvgIpc) is 2.31. The van der Waals surface area contributed by atoms with Crippen LogP contribution in [0, 0.1) is 5.92 Å². The fourth-order valence-electron chi connectivity index (χ4n) is 1.87. The molecule has 1 aromatic carbocycles. The molecule has 2 nitrogen and oxygen atoms in total. The molecular weight excluding hydrogens is 281 g/mol. The van der Waals surface area contributed by atoms with Gasteiger partial charge < -0.3 is 0 Å². The highest BCUT2D eigenvalue weighted by molar-refractivity contribution is 6.42. The Morgan fingerprint density at radius 1 is 1.16 bits per heavy atom. The Morgan fingerprint density at radius 3 is 2.26 bits per heavy atom. The van der Waals surface area contributed by atoms with Gasteiger partial charge in [0.25, 0.3) is 0 Å². The third kappa shape index (κ3) is 5.13. The van der Waals surface area contributed by atoms with Crippen molar-refractivity contribution < 1.29 is 4.79 Å². The number of rotatable bonds is 6. The molecule has 0 N–H and O–H groups in total. The van der Waals surface area contributed by atoms with Crippen LogP contribution in [0.5, 0.6) is 0 Å². The van der Waals surface area contributed by atoms with Gasteiger partial charge in [-0.2, -0.15) is 0 Å². The molecule has 0 aliphatic heterocycles. The van der Waals surface area contributed by atoms with E-state index in [0.717, 1.165) is 6.54 Å². The van der Waals surface area contributed by atoms with Gasteiger partial charge in [-0.3, -0.25) is 9.69 Å². The van der Waals surface area contributed by atoms with Crippen LogP contribution in [0.1, 0.15) is 38.1 Å². The van der Waals surface area contributed by atoms with Crippen LogP contribution in [-0.4, -0.2) is 29.8 Å². The summed E-state index contributed by atoms with van der Waals surface area (Å²) < 4.78 is 0. The number of hydrogen-bond acceptors (Lipinski definition) is 2. The Morgan fingerprint density at radius 2 is 1.79 bits per heavy atom. The van der Waals surface area contributed by atoms with E-state index in [1.165, 1.54) is 0 Å². The summed E-state index contributed by atoms with van der Waals surface area (Å²) in [6.07, 6.45) is 0. The fourth-order valence-corrected chi connectivity index (χ4v) is 2.17. The van der Waals surface area contributed by atoms with Gasteiger partial charge in [-0.25, -0.2) is 0 Å². The minimum absolute atomic E-state index is 0.0768. The first-order valence-electron chi connectivity index (χ1n) is 6.53. The van der Waals surface area contributed by atoms with Crippen molar-refractivity contribution in [3.05, 3.63) is 33.8 Å². The standard InChI is InChI=1S/C15H21Cl2NO/c1-10(2)8-18(11(3)4)9-15(19)12-5-6-13(16)14(17)7-12/h5-7,10-11H,8-9H2,1-4H3. The molecule has 0 amide bonds. The van der Waals surface area contributed by atoms with Gasteiger partial charge in [0.1, 0.15) is 0 Å². The van der Waals surface area contributed by atoms with Crippen molar-refractivity contribution in [2.24, 2.45) is 5.92 Å². The van der Waals surface area contributed by atoms with Gasteiger partial charge in [0, 0.05) is 18.2 Å². The van der Waals surface area contributed by atoms with Crippen LogP contribution >= 0.6 is 23.2 Å². The molecule has 0 aliphatic rings. The number of Topliss-reactive ketones (excluding diaryl/α,β-unsaturated/α-hetero) is 1. The highest BCUT2D eigenvalue weighted by Gasteiger charge is 2.17. The summed E-state index contributed by atoms with van der Waals surface area (Å²) in [7, 11) is 0. The maximum absolute atomic E-state index is 12.3. The molecule has 0 radical (unpaired) electrons. The molecule has 1 aromatic rings. The smallest absolute Gasteiger partial charge is 0.176 e. The van der Waals surface area contributed by atoms with E-state index >= 15 is 0 Å². The maximum Gasteiger partial charge on any atom is 0.176 e. The quantitative estimate of drug-likeness (QED) is 0.719. The molecule has 1 rings (SSSR count). The number of hydrogen-bond donors (Lipinski definition) is 0. The Balaban J connectivity index is 2.78. The van der Waals surface area contributed by atoms with Gasteiger partial charge in [0.2, 0.25) is 0 Å². The van der Waals surface area contributed by atoms with Crippen LogP contribution in [0.15, 0.2) is 18.2 Å². The normalized spacial score (nSPS) is 11.6. The Kier molecular flexibility index (Phi) is 6.31. The van der Waals surface area contributed by atoms with Crippen LogP contribution in [0.4, 0.5) is 0 Å². The number of halogens is 2. The first-order valence-corrected chi connectivity index (χ1v) is 7.29. The van der Waals surface area contributed by atoms with Gasteiger partial charge in [0.05, 0.1) is 16.6 Å². The molecule has 0 saturated carbocycles. The summed E-state index contributed by atoms with van der Waals surface area (Å²) in [5.41, 5.74) is 0.615. The molecule has 0 heterocycles. The van der Waals surface area contributed by atoms with Gasteiger partial charge in [0.15, 0.2) is 5.78 Å². The van der Waals surface area contributed by atoms with Crippen molar-refractivity contribution in [1.82, 2.24) is 4.90 Å². The largest absolute Gasteiger partial charge is 0.293 e. The van der Waals surface area contributed by atoms with Crippen molar-refractivity contribution in [2.45, 2.75) is 33.7 Å². The summed E-state index contributed by atoms with van der Waals surface area (Å²) in [5.74, 6) is 0.608. The molecule has 4 heteroatoms. The number of carbonyl (C=O) groups excluding carboxylic acids is 1. The summed E-state index contributed by atoms with van der Waals surface area (Å²) in [6, 6.07) is 5.37. The molecular formula is C15H21Cl2NO. The molecule has 106 valence electrons. The highest BCUT2D eigenvalue weighted by Crippen LogP contribution is 2.23. The zero-order valence-electron chi connectivity index (χ0n) is 11.9. The third-order valence-corrected chi connectivity index (χ3v) is 3.66. The zero-order chi connectivity index (χ0) is 14.6. The Labute approximate surface area is 125 Å². The molecule has 0 saturated heterocycles. The molecule has 0 fully saturated rings. The van der Waals surface area contributed by atoms with E-state index in [9.17, 15) is 4.79 Å². The second-order valence-corrected chi connectivity index (χ2v) is 6.28. The van der Waals surface area contributed by atoms with Crippen molar-refractivity contribution in [3.8, 4) is 0 Å². The maximum atomic E-state index is 12.3. The lowest BCUT2D eigenvalue weighted by atomic mass is 10.1. The fraction of sp³-hybridized carbons (Fsp3) is 0.533. The lowest BCUT2D eigenvalue weighted by molar-refractivity contribution is 0.0893. The van der Waals surface area contributed by atoms with Crippen LogP contribution in [0.3, 0.4) is 0 Å². The van der Waals surface area contributed by atoms with Crippen molar-refractivity contribution in [1.29, 1.82) is 0 Å². The first-order chi connectivity index (χ1) is 8.81. The van der Waals surface area contributed by atoms with Gasteiger partial charge in [-0.15, -0.1) is 0 Å². The zero-order valence-corrected chi connectivity index (χ0v) is 13.4. The van der Waals surface area contributed by atoms with Gasteiger partial charge >= 0.3 is 0 Å². The number of ketones is 1. The molecule has 0 bridgehead atoms. The van der Waals surface area contributed by atoms with E-state index in [1.807, 2.05) is 0 Å². The molecule has 0 spiro atoms. The van der Waals surface area contributed by atoms with E-state index in [-0.39, 0.29) is 5.78 Å². The van der Waals surface area contributed by atoms with Crippen molar-refractivity contribution >= 4 is 29.0 Å². The minimum atomic E-state index is 0.0768. The van der Waals surface area contributed by atoms with E-state index in [2.05, 4.69) is 32.6 Å². The molecule has 0 atom stereocenters. The predicted molar refractivity (Wildman–Crippen MR) is 82.3 cm³/mol. The average molecular weight is 302 g/mol. The van der Waals surface area contributed by atoms with E-state index < -0.39 is 0 Å². The van der Waals surface area contributed by atoms with Crippen LogP contribution in [0.2, 0.25) is 10.0 Å². The second kappa shape index (κ2) is 7.28. The van der Waals surface area contributed by atoms with Crippen molar-refractivity contribution in [2.75, 3.05) is 13.1 Å². The number of nitrogens with zero attached hydrogens (tertiary/aromatic N) is 1. The van der Waals surface area contributed by atoms with E-state index in [4.69, 9.17) is 23.2 Å². The SMILES string of the molecule is CC(C)CN(CC(=O)c1ccc(Cl)c(Cl)c1)C(C)C. The molecule has 19 heavy (non-hydrogen) atoms.